The molecule has 1 aromatic rings. The minimum Gasteiger partial charge on any atom is -0.494 e. The molecule has 154 valence electrons. The minimum absolute atomic E-state index is 0.0310. The third-order valence-corrected chi connectivity index (χ3v) is 5.71. The number of amides is 2. The summed E-state index contributed by atoms with van der Waals surface area (Å²) >= 11 is 0. The number of hydrogen-bond donors (Lipinski definition) is 0. The first-order valence-corrected chi connectivity index (χ1v) is 10.7. The molecule has 0 radical (unpaired) electrons. The van der Waals surface area contributed by atoms with Crippen LogP contribution in [0.4, 0.5) is 0 Å². The van der Waals surface area contributed by atoms with Crippen molar-refractivity contribution in [1.29, 1.82) is 0 Å². The molecule has 28 heavy (non-hydrogen) atoms. The van der Waals surface area contributed by atoms with Gasteiger partial charge < -0.3 is 14.5 Å². The van der Waals surface area contributed by atoms with Gasteiger partial charge in [-0.3, -0.25) is 9.59 Å². The molecule has 1 aromatic carbocycles. The van der Waals surface area contributed by atoms with Gasteiger partial charge in [0.2, 0.25) is 11.8 Å². The van der Waals surface area contributed by atoms with Crippen molar-refractivity contribution in [3.8, 4) is 5.75 Å². The van der Waals surface area contributed by atoms with Crippen LogP contribution in [0.15, 0.2) is 24.3 Å². The quantitative estimate of drug-likeness (QED) is 0.684. The van der Waals surface area contributed by atoms with Crippen LogP contribution in [0.25, 0.3) is 0 Å². The predicted octanol–water partition coefficient (Wildman–Crippen LogP) is 3.66. The number of aryl methyl sites for hydroxylation is 1. The Morgan fingerprint density at radius 2 is 1.93 bits per heavy atom. The first kappa shape index (κ1) is 20.7. The average Bonchev–Trinajstić information content (AvgIpc) is 2.67. The molecule has 2 bridgehead atoms. The minimum atomic E-state index is -0.498. The Bertz CT molecular complexity index is 695. The molecule has 0 aliphatic carbocycles. The number of carbonyl (C=O) groups is 2. The Kier molecular flexibility index (Phi) is 6.63. The van der Waals surface area contributed by atoms with Crippen molar-refractivity contribution in [2.45, 2.75) is 65.3 Å². The van der Waals surface area contributed by atoms with Gasteiger partial charge in [0, 0.05) is 24.5 Å². The highest BCUT2D eigenvalue weighted by atomic mass is 16.5. The Hall–Kier alpha value is -2.04. The lowest BCUT2D eigenvalue weighted by molar-refractivity contribution is -0.147. The Labute approximate surface area is 169 Å². The van der Waals surface area contributed by atoms with Gasteiger partial charge in [-0.2, -0.15) is 0 Å². The van der Waals surface area contributed by atoms with E-state index in [2.05, 4.69) is 12.1 Å². The number of benzene rings is 1. The molecule has 1 unspecified atom stereocenters. The van der Waals surface area contributed by atoms with Crippen LogP contribution < -0.4 is 4.74 Å². The fourth-order valence-corrected chi connectivity index (χ4v) is 4.18. The lowest BCUT2D eigenvalue weighted by atomic mass is 9.94. The summed E-state index contributed by atoms with van der Waals surface area (Å²) in [6.07, 6.45) is 5.89. The van der Waals surface area contributed by atoms with Crippen molar-refractivity contribution in [3.05, 3.63) is 29.8 Å². The molecular weight excluding hydrogens is 352 g/mol. The van der Waals surface area contributed by atoms with Gasteiger partial charge in [-0.05, 0) is 56.2 Å². The highest BCUT2D eigenvalue weighted by Gasteiger charge is 2.32. The first-order chi connectivity index (χ1) is 13.3. The van der Waals surface area contributed by atoms with Crippen LogP contribution in [0, 0.1) is 5.41 Å². The summed E-state index contributed by atoms with van der Waals surface area (Å²) in [5, 5.41) is 0. The summed E-state index contributed by atoms with van der Waals surface area (Å²) in [7, 11) is 0. The average molecular weight is 387 g/mol. The summed E-state index contributed by atoms with van der Waals surface area (Å²) in [5.41, 5.74) is 0.763. The number of nitrogens with zero attached hydrogens (tertiary/aromatic N) is 2. The highest BCUT2D eigenvalue weighted by Crippen LogP contribution is 2.24. The van der Waals surface area contributed by atoms with E-state index in [1.54, 1.807) is 4.90 Å². The Morgan fingerprint density at radius 3 is 2.71 bits per heavy atom. The van der Waals surface area contributed by atoms with E-state index in [0.29, 0.717) is 19.6 Å². The molecule has 5 heteroatoms. The van der Waals surface area contributed by atoms with Gasteiger partial charge in [0.05, 0.1) is 13.2 Å². The van der Waals surface area contributed by atoms with Crippen LogP contribution in [0.3, 0.4) is 0 Å². The molecule has 3 rings (SSSR count). The number of hydrogen-bond acceptors (Lipinski definition) is 3. The van der Waals surface area contributed by atoms with E-state index in [1.165, 1.54) is 12.0 Å². The fraction of sp³-hybridized carbons (Fsp3) is 0.652. The van der Waals surface area contributed by atoms with E-state index in [9.17, 15) is 9.59 Å². The van der Waals surface area contributed by atoms with Crippen molar-refractivity contribution < 1.29 is 14.3 Å². The number of ether oxygens (including phenoxy) is 1. The maximum Gasteiger partial charge on any atom is 0.242 e. The molecule has 2 heterocycles. The summed E-state index contributed by atoms with van der Waals surface area (Å²) in [4.78, 5) is 29.8. The van der Waals surface area contributed by atoms with Crippen LogP contribution in [-0.2, 0) is 16.0 Å². The summed E-state index contributed by atoms with van der Waals surface area (Å²) in [5.74, 6) is 1.01. The van der Waals surface area contributed by atoms with Crippen molar-refractivity contribution >= 4 is 11.8 Å². The molecule has 1 atom stereocenters. The molecule has 0 spiro atoms. The van der Waals surface area contributed by atoms with E-state index >= 15 is 0 Å². The smallest absolute Gasteiger partial charge is 0.242 e. The summed E-state index contributed by atoms with van der Waals surface area (Å²) in [6.45, 7) is 7.81. The van der Waals surface area contributed by atoms with Crippen LogP contribution in [0.5, 0.6) is 5.75 Å². The van der Waals surface area contributed by atoms with Crippen LogP contribution >= 0.6 is 0 Å². The zero-order chi connectivity index (χ0) is 20.1. The molecule has 2 amide bonds. The summed E-state index contributed by atoms with van der Waals surface area (Å²) in [6, 6.07) is 8.54. The second-order valence-electron chi connectivity index (χ2n) is 9.10. The highest BCUT2D eigenvalue weighted by molar-refractivity contribution is 5.87. The second-order valence-corrected chi connectivity index (χ2v) is 9.10. The van der Waals surface area contributed by atoms with Gasteiger partial charge >= 0.3 is 0 Å². The monoisotopic (exact) mass is 386 g/mol. The van der Waals surface area contributed by atoms with E-state index in [-0.39, 0.29) is 24.4 Å². The van der Waals surface area contributed by atoms with Crippen molar-refractivity contribution in [2.24, 2.45) is 5.41 Å². The van der Waals surface area contributed by atoms with Crippen molar-refractivity contribution in [1.82, 2.24) is 9.80 Å². The van der Waals surface area contributed by atoms with E-state index in [0.717, 1.165) is 38.0 Å². The molecule has 1 saturated heterocycles. The maximum absolute atomic E-state index is 13.1. The van der Waals surface area contributed by atoms with Gasteiger partial charge in [0.25, 0.3) is 0 Å². The SMILES string of the molecule is CC(C)(C)C(=O)N1CCCOc2cccc(c2)CCC2CCCCN2C(=O)C1. The summed E-state index contributed by atoms with van der Waals surface area (Å²) < 4.78 is 5.91. The number of carbonyl (C=O) groups excluding carboxylic acids is 2. The largest absolute Gasteiger partial charge is 0.494 e. The maximum atomic E-state index is 13.1. The third-order valence-electron chi connectivity index (χ3n) is 5.71. The molecular formula is C23H34N2O3. The van der Waals surface area contributed by atoms with E-state index in [1.807, 2.05) is 37.8 Å². The first-order valence-electron chi connectivity index (χ1n) is 10.7. The lowest BCUT2D eigenvalue weighted by Gasteiger charge is -2.38. The predicted molar refractivity (Wildman–Crippen MR) is 110 cm³/mol. The van der Waals surface area contributed by atoms with Crippen LogP contribution in [0.2, 0.25) is 0 Å². The Balaban J connectivity index is 1.82. The van der Waals surface area contributed by atoms with Gasteiger partial charge in [0.1, 0.15) is 5.75 Å². The lowest BCUT2D eigenvalue weighted by Crippen LogP contribution is -2.51. The van der Waals surface area contributed by atoms with Gasteiger partial charge in [0.15, 0.2) is 0 Å². The fourth-order valence-electron chi connectivity index (χ4n) is 4.18. The second kappa shape index (κ2) is 8.97. The molecule has 2 aliphatic heterocycles. The number of piperidine rings is 1. The number of fused-ring (bicyclic) bond motifs is 3. The van der Waals surface area contributed by atoms with Crippen LogP contribution in [0.1, 0.15) is 58.4 Å². The van der Waals surface area contributed by atoms with Gasteiger partial charge in [-0.25, -0.2) is 0 Å². The van der Waals surface area contributed by atoms with E-state index in [4.69, 9.17) is 4.74 Å². The van der Waals surface area contributed by atoms with E-state index < -0.39 is 5.41 Å². The van der Waals surface area contributed by atoms with Crippen molar-refractivity contribution in [3.63, 3.8) is 0 Å². The molecule has 0 aromatic heterocycles. The zero-order valence-corrected chi connectivity index (χ0v) is 17.6. The topological polar surface area (TPSA) is 49.9 Å². The third kappa shape index (κ3) is 5.27. The van der Waals surface area contributed by atoms with Gasteiger partial charge in [-0.15, -0.1) is 0 Å². The van der Waals surface area contributed by atoms with Crippen LogP contribution in [-0.4, -0.2) is 53.9 Å². The number of rotatable bonds is 0. The molecule has 5 nitrogen and oxygen atoms in total. The molecule has 0 saturated carbocycles. The zero-order valence-electron chi connectivity index (χ0n) is 17.6. The standard InChI is InChI=1S/C23H34N2O3/c1-23(2,3)22(27)24-13-7-15-28-20-10-6-8-18(16-20)11-12-19-9-4-5-14-25(19)21(26)17-24/h6,8,10,16,19H,4-5,7,9,11-15,17H2,1-3H3. The molecule has 1 fully saturated rings. The molecule has 2 aliphatic rings. The Morgan fingerprint density at radius 1 is 1.11 bits per heavy atom. The van der Waals surface area contributed by atoms with Crippen molar-refractivity contribution in [2.75, 3.05) is 26.2 Å². The molecule has 0 N–H and O–H groups in total. The van der Waals surface area contributed by atoms with Gasteiger partial charge in [-0.1, -0.05) is 32.9 Å². The normalized spacial score (nSPS) is 22.1.